The van der Waals surface area contributed by atoms with E-state index in [9.17, 15) is 0 Å². The number of aliphatic hydroxyl groups is 1. The first-order valence-corrected chi connectivity index (χ1v) is 6.85. The van der Waals surface area contributed by atoms with Gasteiger partial charge in [-0.05, 0) is 53.4 Å². The number of halogens is 1. The monoisotopic (exact) mass is 298 g/mol. The lowest BCUT2D eigenvalue weighted by Gasteiger charge is -2.25. The number of aliphatic hydroxyl groups excluding tert-OH is 1. The summed E-state index contributed by atoms with van der Waals surface area (Å²) in [6.45, 7) is 2.87. The van der Waals surface area contributed by atoms with Crippen LogP contribution in [0.15, 0.2) is 22.7 Å². The van der Waals surface area contributed by atoms with Crippen LogP contribution in [0.4, 0.5) is 5.69 Å². The molecule has 0 bridgehead atoms. The van der Waals surface area contributed by atoms with Crippen LogP contribution in [-0.2, 0) is 0 Å². The van der Waals surface area contributed by atoms with Gasteiger partial charge in [0, 0.05) is 23.1 Å². The number of rotatable bonds is 5. The minimum Gasteiger partial charge on any atom is -0.395 e. The largest absolute Gasteiger partial charge is 0.395 e. The van der Waals surface area contributed by atoms with Gasteiger partial charge in [-0.15, -0.1) is 0 Å². The third-order valence-corrected chi connectivity index (χ3v) is 3.77. The highest BCUT2D eigenvalue weighted by Gasteiger charge is 2.29. The molecule has 1 atom stereocenters. The molecule has 3 N–H and O–H groups in total. The van der Waals surface area contributed by atoms with E-state index in [0.29, 0.717) is 12.6 Å². The van der Waals surface area contributed by atoms with Crippen molar-refractivity contribution in [2.45, 2.75) is 31.8 Å². The van der Waals surface area contributed by atoms with Crippen molar-refractivity contribution in [2.75, 3.05) is 18.1 Å². The van der Waals surface area contributed by atoms with Crippen LogP contribution in [0, 0.1) is 0 Å². The third kappa shape index (κ3) is 3.00. The predicted octanol–water partition coefficient (Wildman–Crippen LogP) is 2.43. The molecule has 1 fully saturated rings. The summed E-state index contributed by atoms with van der Waals surface area (Å²) in [6, 6.07) is 6.88. The molecule has 0 heterocycles. The lowest BCUT2D eigenvalue weighted by atomic mass is 10.1. The second-order valence-electron chi connectivity index (χ2n) is 4.65. The maximum atomic E-state index is 9.13. The zero-order chi connectivity index (χ0) is 12.4. The Balaban J connectivity index is 2.24. The van der Waals surface area contributed by atoms with Crippen LogP contribution in [0.1, 0.15) is 31.4 Å². The molecule has 0 spiro atoms. The Kier molecular flexibility index (Phi) is 4.07. The van der Waals surface area contributed by atoms with E-state index in [1.54, 1.807) is 0 Å². The summed E-state index contributed by atoms with van der Waals surface area (Å²) in [5.74, 6) is 0. The summed E-state index contributed by atoms with van der Waals surface area (Å²) < 4.78 is 1.06. The third-order valence-electron chi connectivity index (χ3n) is 3.14. The Morgan fingerprint density at radius 2 is 2.24 bits per heavy atom. The quantitative estimate of drug-likeness (QED) is 0.878. The highest BCUT2D eigenvalue weighted by atomic mass is 79.9. The average Bonchev–Trinajstić information content (AvgIpc) is 3.10. The molecule has 4 heteroatoms. The average molecular weight is 299 g/mol. The molecule has 0 radical (unpaired) electrons. The minimum atomic E-state index is 0.0487. The summed E-state index contributed by atoms with van der Waals surface area (Å²) in [5.41, 5.74) is 8.15. The highest BCUT2D eigenvalue weighted by Crippen LogP contribution is 2.36. The molecule has 1 aromatic carbocycles. The number of nitrogens with zero attached hydrogens (tertiary/aromatic N) is 1. The molecular formula is C13H19BrN2O. The maximum absolute atomic E-state index is 9.13. The van der Waals surface area contributed by atoms with Gasteiger partial charge in [-0.1, -0.05) is 6.07 Å². The van der Waals surface area contributed by atoms with Crippen LogP contribution in [0.5, 0.6) is 0 Å². The fourth-order valence-corrected chi connectivity index (χ4v) is 2.66. The molecule has 0 amide bonds. The van der Waals surface area contributed by atoms with E-state index in [1.165, 1.54) is 12.8 Å². The second-order valence-corrected chi connectivity index (χ2v) is 5.50. The molecule has 0 saturated heterocycles. The molecule has 94 valence electrons. The van der Waals surface area contributed by atoms with E-state index in [2.05, 4.69) is 39.0 Å². The van der Waals surface area contributed by atoms with Gasteiger partial charge in [-0.3, -0.25) is 0 Å². The molecule has 2 rings (SSSR count). The molecule has 0 aliphatic heterocycles. The maximum Gasteiger partial charge on any atom is 0.0606 e. The van der Waals surface area contributed by atoms with Gasteiger partial charge in [0.15, 0.2) is 0 Å². The van der Waals surface area contributed by atoms with Crippen molar-refractivity contribution < 1.29 is 5.11 Å². The number of hydrogen-bond acceptors (Lipinski definition) is 3. The molecular weight excluding hydrogens is 280 g/mol. The van der Waals surface area contributed by atoms with Crippen LogP contribution in [0.3, 0.4) is 0 Å². The van der Waals surface area contributed by atoms with E-state index in [-0.39, 0.29) is 12.6 Å². The molecule has 1 aromatic rings. The van der Waals surface area contributed by atoms with E-state index >= 15 is 0 Å². The molecule has 0 aromatic heterocycles. The van der Waals surface area contributed by atoms with Crippen molar-refractivity contribution >= 4 is 21.6 Å². The fraction of sp³-hybridized carbons (Fsp3) is 0.538. The van der Waals surface area contributed by atoms with E-state index in [0.717, 1.165) is 15.7 Å². The zero-order valence-electron chi connectivity index (χ0n) is 10.1. The van der Waals surface area contributed by atoms with Crippen LogP contribution in [0.2, 0.25) is 0 Å². The van der Waals surface area contributed by atoms with Crippen molar-refractivity contribution in [3.05, 3.63) is 28.2 Å². The van der Waals surface area contributed by atoms with Gasteiger partial charge in [0.25, 0.3) is 0 Å². The molecule has 1 unspecified atom stereocenters. The van der Waals surface area contributed by atoms with Gasteiger partial charge < -0.3 is 15.7 Å². The first-order chi connectivity index (χ1) is 8.13. The summed E-state index contributed by atoms with van der Waals surface area (Å²) in [7, 11) is 0. The van der Waals surface area contributed by atoms with E-state index in [4.69, 9.17) is 10.8 Å². The lowest BCUT2D eigenvalue weighted by Crippen LogP contribution is -2.29. The summed E-state index contributed by atoms with van der Waals surface area (Å²) in [6.07, 6.45) is 2.45. The molecule has 17 heavy (non-hydrogen) atoms. The molecule has 1 aliphatic rings. The predicted molar refractivity (Wildman–Crippen MR) is 74.2 cm³/mol. The van der Waals surface area contributed by atoms with Gasteiger partial charge in [0.1, 0.15) is 0 Å². The van der Waals surface area contributed by atoms with E-state index < -0.39 is 0 Å². The Morgan fingerprint density at radius 3 is 2.71 bits per heavy atom. The van der Waals surface area contributed by atoms with Crippen molar-refractivity contribution in [3.8, 4) is 0 Å². The van der Waals surface area contributed by atoms with Gasteiger partial charge in [-0.25, -0.2) is 0 Å². The molecule has 1 saturated carbocycles. The Morgan fingerprint density at radius 1 is 1.53 bits per heavy atom. The van der Waals surface area contributed by atoms with Crippen LogP contribution >= 0.6 is 15.9 Å². The number of hydrogen-bond donors (Lipinski definition) is 2. The van der Waals surface area contributed by atoms with Crippen molar-refractivity contribution in [2.24, 2.45) is 5.73 Å². The highest BCUT2D eigenvalue weighted by molar-refractivity contribution is 9.10. The lowest BCUT2D eigenvalue weighted by molar-refractivity contribution is 0.301. The van der Waals surface area contributed by atoms with Gasteiger partial charge in [0.05, 0.1) is 12.3 Å². The Labute approximate surface area is 111 Å². The normalized spacial score (nSPS) is 16.9. The second kappa shape index (κ2) is 5.38. The summed E-state index contributed by atoms with van der Waals surface area (Å²) in [5, 5.41) is 9.13. The van der Waals surface area contributed by atoms with Gasteiger partial charge >= 0.3 is 0 Å². The number of benzene rings is 1. The van der Waals surface area contributed by atoms with Crippen molar-refractivity contribution in [1.82, 2.24) is 0 Å². The number of nitrogens with two attached hydrogens (primary N) is 1. The Hall–Kier alpha value is -0.580. The SMILES string of the molecule is CC(N)c1ccc(N(CCO)C2CC2)c(Br)c1. The zero-order valence-corrected chi connectivity index (χ0v) is 11.7. The molecule has 1 aliphatic carbocycles. The smallest absolute Gasteiger partial charge is 0.0606 e. The standard InChI is InChI=1S/C13H19BrN2O/c1-9(15)10-2-5-13(12(14)8-10)16(6-7-17)11-3-4-11/h2,5,8-9,11,17H,3-4,6-7,15H2,1H3. The van der Waals surface area contributed by atoms with Crippen LogP contribution in [-0.4, -0.2) is 24.3 Å². The minimum absolute atomic E-state index is 0.0487. The van der Waals surface area contributed by atoms with E-state index in [1.807, 2.05) is 6.92 Å². The van der Waals surface area contributed by atoms with Gasteiger partial charge in [0.2, 0.25) is 0 Å². The molecule has 3 nitrogen and oxygen atoms in total. The topological polar surface area (TPSA) is 49.5 Å². The summed E-state index contributed by atoms with van der Waals surface area (Å²) >= 11 is 3.60. The first-order valence-electron chi connectivity index (χ1n) is 6.06. The van der Waals surface area contributed by atoms with Crippen LogP contribution in [0.25, 0.3) is 0 Å². The fourth-order valence-electron chi connectivity index (χ4n) is 2.03. The van der Waals surface area contributed by atoms with Crippen LogP contribution < -0.4 is 10.6 Å². The first kappa shape index (κ1) is 12.9. The van der Waals surface area contributed by atoms with Crippen molar-refractivity contribution in [1.29, 1.82) is 0 Å². The van der Waals surface area contributed by atoms with Crippen molar-refractivity contribution in [3.63, 3.8) is 0 Å². The summed E-state index contributed by atoms with van der Waals surface area (Å²) in [4.78, 5) is 2.27. The van der Waals surface area contributed by atoms with Gasteiger partial charge in [-0.2, -0.15) is 0 Å². The Bertz CT molecular complexity index is 391. The number of anilines is 1.